The Balaban J connectivity index is 1.79. The fourth-order valence-corrected chi connectivity index (χ4v) is 2.59. The number of aryl methyl sites for hydroxylation is 2. The Labute approximate surface area is 137 Å². The molecule has 1 atom stereocenters. The van der Waals surface area contributed by atoms with Crippen molar-refractivity contribution in [3.05, 3.63) is 64.0 Å². The fraction of sp³-hybridized carbons (Fsp3) is 0.294. The number of aliphatic hydroxyl groups excluding tert-OH is 1. The maximum atomic E-state index is 13.5. The molecule has 0 saturated carbocycles. The average molecular weight is 331 g/mol. The number of halogens is 1. The van der Waals surface area contributed by atoms with E-state index in [-0.39, 0.29) is 24.5 Å². The van der Waals surface area contributed by atoms with Crippen LogP contribution >= 0.6 is 0 Å². The molecule has 3 aromatic rings. The second-order valence-corrected chi connectivity index (χ2v) is 5.69. The van der Waals surface area contributed by atoms with E-state index >= 15 is 0 Å². The Kier molecular flexibility index (Phi) is 4.35. The molecule has 0 radical (unpaired) electrons. The number of fused-ring (bicyclic) bond motifs is 1. The van der Waals surface area contributed by atoms with Crippen LogP contribution in [0.25, 0.3) is 5.65 Å². The zero-order valence-corrected chi connectivity index (χ0v) is 13.4. The molecule has 0 aliphatic rings. The van der Waals surface area contributed by atoms with E-state index in [9.17, 15) is 14.3 Å². The number of aromatic nitrogens is 3. The van der Waals surface area contributed by atoms with E-state index in [1.54, 1.807) is 36.6 Å². The van der Waals surface area contributed by atoms with Gasteiger partial charge in [0.1, 0.15) is 18.4 Å². The maximum Gasteiger partial charge on any atom is 0.274 e. The number of rotatable bonds is 5. The molecule has 2 heterocycles. The number of hydrogen-bond acceptors (Lipinski definition) is 4. The zero-order valence-electron chi connectivity index (χ0n) is 13.4. The van der Waals surface area contributed by atoms with Gasteiger partial charge in [0.05, 0.1) is 12.2 Å². The molecule has 1 aromatic carbocycles. The molecular weight excluding hydrogens is 313 g/mol. The lowest BCUT2D eigenvalue weighted by molar-refractivity contribution is 0.0906. The second-order valence-electron chi connectivity index (χ2n) is 5.69. The van der Waals surface area contributed by atoms with Gasteiger partial charge >= 0.3 is 0 Å². The van der Waals surface area contributed by atoms with E-state index in [1.807, 2.05) is 0 Å². The van der Waals surface area contributed by atoms with Crippen molar-refractivity contribution >= 4 is 5.65 Å². The van der Waals surface area contributed by atoms with Crippen LogP contribution in [0.5, 0.6) is 5.75 Å². The smallest absolute Gasteiger partial charge is 0.274 e. The Hall–Kier alpha value is -2.67. The van der Waals surface area contributed by atoms with Crippen LogP contribution in [-0.4, -0.2) is 32.0 Å². The lowest BCUT2D eigenvalue weighted by Crippen LogP contribution is -2.28. The van der Waals surface area contributed by atoms with Crippen LogP contribution in [0.3, 0.4) is 0 Å². The van der Waals surface area contributed by atoms with E-state index < -0.39 is 11.9 Å². The molecule has 0 fully saturated rings. The van der Waals surface area contributed by atoms with E-state index in [1.165, 1.54) is 22.7 Å². The largest absolute Gasteiger partial charge is 0.488 e. The Morgan fingerprint density at radius 2 is 2.04 bits per heavy atom. The molecule has 126 valence electrons. The molecule has 0 bridgehead atoms. The maximum absolute atomic E-state index is 13.5. The van der Waals surface area contributed by atoms with Gasteiger partial charge in [-0.05, 0) is 26.0 Å². The lowest BCUT2D eigenvalue weighted by atomic mass is 10.3. The number of para-hydroxylation sites is 1. The first-order valence-electron chi connectivity index (χ1n) is 7.58. The predicted molar refractivity (Wildman–Crippen MR) is 86.8 cm³/mol. The van der Waals surface area contributed by atoms with Gasteiger partial charge in [0, 0.05) is 17.8 Å². The summed E-state index contributed by atoms with van der Waals surface area (Å²) in [5.74, 6) is -0.378. The molecule has 1 N–H and O–H groups in total. The zero-order chi connectivity index (χ0) is 17.3. The minimum atomic E-state index is -0.871. The predicted octanol–water partition coefficient (Wildman–Crippen LogP) is 1.69. The summed E-state index contributed by atoms with van der Waals surface area (Å²) in [6.45, 7) is 3.72. The summed E-state index contributed by atoms with van der Waals surface area (Å²) in [4.78, 5) is 12.0. The van der Waals surface area contributed by atoms with Gasteiger partial charge in [-0.15, -0.1) is 0 Å². The van der Waals surface area contributed by atoms with Gasteiger partial charge in [-0.2, -0.15) is 9.61 Å². The van der Waals surface area contributed by atoms with Crippen LogP contribution in [0.4, 0.5) is 4.39 Å². The quantitative estimate of drug-likeness (QED) is 0.772. The monoisotopic (exact) mass is 331 g/mol. The van der Waals surface area contributed by atoms with Gasteiger partial charge in [0.15, 0.2) is 11.6 Å². The third kappa shape index (κ3) is 3.16. The van der Waals surface area contributed by atoms with E-state index in [2.05, 4.69) is 5.10 Å². The van der Waals surface area contributed by atoms with Crippen LogP contribution < -0.4 is 10.3 Å². The average Bonchev–Trinajstić information content (AvgIpc) is 2.93. The lowest BCUT2D eigenvalue weighted by Gasteiger charge is -2.17. The highest BCUT2D eigenvalue weighted by Crippen LogP contribution is 2.16. The molecule has 0 spiro atoms. The number of hydrogen-bond donors (Lipinski definition) is 1. The van der Waals surface area contributed by atoms with Crippen molar-refractivity contribution in [2.75, 3.05) is 6.61 Å². The Morgan fingerprint density at radius 3 is 2.79 bits per heavy atom. The second kappa shape index (κ2) is 6.45. The topological polar surface area (TPSA) is 68.8 Å². The highest BCUT2D eigenvalue weighted by atomic mass is 19.1. The van der Waals surface area contributed by atoms with Gasteiger partial charge in [0.25, 0.3) is 5.56 Å². The highest BCUT2D eigenvalue weighted by Gasteiger charge is 2.14. The summed E-state index contributed by atoms with van der Waals surface area (Å²) >= 11 is 0. The van der Waals surface area contributed by atoms with Crippen molar-refractivity contribution in [2.24, 2.45) is 0 Å². The molecule has 1 unspecified atom stereocenters. The summed E-state index contributed by atoms with van der Waals surface area (Å²) in [5.41, 5.74) is 1.80. The third-order valence-electron chi connectivity index (χ3n) is 3.72. The Bertz CT molecular complexity index is 932. The number of aliphatic hydroxyl groups is 1. The summed E-state index contributed by atoms with van der Waals surface area (Å²) in [6.07, 6.45) is -0.871. The van der Waals surface area contributed by atoms with Gasteiger partial charge in [-0.1, -0.05) is 12.1 Å². The Morgan fingerprint density at radius 1 is 1.29 bits per heavy atom. The molecule has 0 saturated heterocycles. The fourth-order valence-electron chi connectivity index (χ4n) is 2.59. The first-order chi connectivity index (χ1) is 11.5. The van der Waals surface area contributed by atoms with Crippen LogP contribution in [-0.2, 0) is 6.54 Å². The molecule has 0 amide bonds. The molecule has 2 aromatic heterocycles. The van der Waals surface area contributed by atoms with Crippen molar-refractivity contribution in [1.29, 1.82) is 0 Å². The van der Waals surface area contributed by atoms with Crippen LogP contribution in [0, 0.1) is 19.7 Å². The van der Waals surface area contributed by atoms with Gasteiger partial charge < -0.3 is 14.4 Å². The molecule has 7 heteroatoms. The van der Waals surface area contributed by atoms with Gasteiger partial charge in [-0.3, -0.25) is 4.79 Å². The third-order valence-corrected chi connectivity index (χ3v) is 3.72. The van der Waals surface area contributed by atoms with Crippen molar-refractivity contribution in [3.63, 3.8) is 0 Å². The summed E-state index contributed by atoms with van der Waals surface area (Å²) in [7, 11) is 0. The van der Waals surface area contributed by atoms with Crippen LogP contribution in [0.1, 0.15) is 11.4 Å². The van der Waals surface area contributed by atoms with Crippen molar-refractivity contribution in [1.82, 2.24) is 14.2 Å². The minimum absolute atomic E-state index is 0.0637. The van der Waals surface area contributed by atoms with Gasteiger partial charge in [0.2, 0.25) is 0 Å². The summed E-state index contributed by atoms with van der Waals surface area (Å²) < 4.78 is 21.9. The summed E-state index contributed by atoms with van der Waals surface area (Å²) in [5, 5.41) is 14.4. The number of nitrogens with zero attached hydrogens (tertiary/aromatic N) is 3. The molecular formula is C17H18FN3O3. The summed E-state index contributed by atoms with van der Waals surface area (Å²) in [6, 6.07) is 9.27. The van der Waals surface area contributed by atoms with Crippen LogP contribution in [0.15, 0.2) is 41.2 Å². The molecule has 6 nitrogen and oxygen atoms in total. The molecule has 0 aliphatic heterocycles. The van der Waals surface area contributed by atoms with Crippen molar-refractivity contribution < 1.29 is 14.2 Å². The number of benzene rings is 1. The SMILES string of the molecule is Cc1cc2n(CC(O)COc3ccccc3F)c(C)cc(=O)n2n1. The number of ether oxygens (including phenoxy) is 1. The van der Waals surface area contributed by atoms with Crippen molar-refractivity contribution in [2.45, 2.75) is 26.5 Å². The normalized spacial score (nSPS) is 12.5. The minimum Gasteiger partial charge on any atom is -0.488 e. The van der Waals surface area contributed by atoms with E-state index in [4.69, 9.17) is 4.74 Å². The molecule has 3 rings (SSSR count). The van der Waals surface area contributed by atoms with Crippen LogP contribution in [0.2, 0.25) is 0 Å². The first-order valence-corrected chi connectivity index (χ1v) is 7.58. The molecule has 24 heavy (non-hydrogen) atoms. The van der Waals surface area contributed by atoms with Crippen molar-refractivity contribution in [3.8, 4) is 5.75 Å². The van der Waals surface area contributed by atoms with Gasteiger partial charge in [-0.25, -0.2) is 4.39 Å². The molecule has 0 aliphatic carbocycles. The van der Waals surface area contributed by atoms with E-state index in [0.717, 1.165) is 0 Å². The highest BCUT2D eigenvalue weighted by molar-refractivity contribution is 5.41. The standard InChI is InChI=1S/C17H18FN3O3/c1-11-7-16-20(12(2)8-17(23)21(16)19-11)9-13(22)10-24-15-6-4-3-5-14(15)18/h3-8,13,22H,9-10H2,1-2H3. The van der Waals surface area contributed by atoms with E-state index in [0.29, 0.717) is 17.0 Å². The first kappa shape index (κ1) is 16.2.